The van der Waals surface area contributed by atoms with Crippen molar-refractivity contribution in [3.63, 3.8) is 0 Å². The first kappa shape index (κ1) is 10.9. The van der Waals surface area contributed by atoms with Gasteiger partial charge in [0, 0.05) is 5.92 Å². The van der Waals surface area contributed by atoms with E-state index in [4.69, 9.17) is 0 Å². The second-order valence-corrected chi connectivity index (χ2v) is 4.23. The largest absolute Gasteiger partial charge is 0.272 e. The third-order valence-electron chi connectivity index (χ3n) is 1.94. The van der Waals surface area contributed by atoms with Crippen molar-refractivity contribution in [2.24, 2.45) is 11.8 Å². The topological polar surface area (TPSA) is 47.8 Å². The van der Waals surface area contributed by atoms with E-state index in [0.29, 0.717) is 5.92 Å². The van der Waals surface area contributed by atoms with Crippen molar-refractivity contribution >= 4 is 5.91 Å². The first-order valence-electron chi connectivity index (χ1n) is 4.96. The summed E-state index contributed by atoms with van der Waals surface area (Å²) >= 11 is 0. The average Bonchev–Trinajstić information content (AvgIpc) is 2.49. The Bertz CT molecular complexity index is 315. The van der Waals surface area contributed by atoms with Crippen molar-refractivity contribution in [2.75, 3.05) is 0 Å². The Balaban J connectivity index is 2.87. The van der Waals surface area contributed by atoms with Crippen molar-refractivity contribution in [3.05, 3.63) is 11.9 Å². The summed E-state index contributed by atoms with van der Waals surface area (Å²) in [5.74, 6) is 0.480. The summed E-state index contributed by atoms with van der Waals surface area (Å²) in [6.45, 7) is 7.95. The zero-order valence-electron chi connectivity index (χ0n) is 9.19. The van der Waals surface area contributed by atoms with Crippen LogP contribution in [-0.4, -0.2) is 20.9 Å². The summed E-state index contributed by atoms with van der Waals surface area (Å²) in [5.41, 5.74) is 0.902. The van der Waals surface area contributed by atoms with Crippen LogP contribution in [0.4, 0.5) is 0 Å². The van der Waals surface area contributed by atoms with Crippen LogP contribution in [0.5, 0.6) is 0 Å². The maximum Gasteiger partial charge on any atom is 0.251 e. The molecule has 0 aliphatic heterocycles. The smallest absolute Gasteiger partial charge is 0.251 e. The van der Waals surface area contributed by atoms with Crippen molar-refractivity contribution < 1.29 is 4.79 Å². The lowest BCUT2D eigenvalue weighted by Crippen LogP contribution is -2.21. The van der Waals surface area contributed by atoms with E-state index in [1.807, 2.05) is 13.8 Å². The van der Waals surface area contributed by atoms with Crippen LogP contribution in [0, 0.1) is 11.8 Å². The molecule has 0 amide bonds. The molecule has 78 valence electrons. The molecule has 4 nitrogen and oxygen atoms in total. The van der Waals surface area contributed by atoms with Crippen molar-refractivity contribution in [1.29, 1.82) is 0 Å². The number of aromatic nitrogens is 3. The van der Waals surface area contributed by atoms with Gasteiger partial charge in [0.05, 0.1) is 11.9 Å². The minimum absolute atomic E-state index is 0.0122. The Labute approximate surface area is 84.3 Å². The van der Waals surface area contributed by atoms with Crippen molar-refractivity contribution in [3.8, 4) is 0 Å². The Hall–Kier alpha value is -1.19. The molecule has 0 saturated heterocycles. The third-order valence-corrected chi connectivity index (χ3v) is 1.94. The van der Waals surface area contributed by atoms with Gasteiger partial charge in [-0.25, -0.2) is 0 Å². The normalized spacial score (nSPS) is 11.3. The Kier molecular flexibility index (Phi) is 3.38. The molecule has 0 radical (unpaired) electrons. The van der Waals surface area contributed by atoms with Crippen LogP contribution < -0.4 is 0 Å². The van der Waals surface area contributed by atoms with E-state index >= 15 is 0 Å². The van der Waals surface area contributed by atoms with Gasteiger partial charge in [0.1, 0.15) is 0 Å². The molecule has 0 unspecified atom stereocenters. The zero-order chi connectivity index (χ0) is 10.7. The van der Waals surface area contributed by atoms with E-state index in [2.05, 4.69) is 24.2 Å². The highest BCUT2D eigenvalue weighted by atomic mass is 16.2. The predicted octanol–water partition coefficient (Wildman–Crippen LogP) is 1.77. The zero-order valence-corrected chi connectivity index (χ0v) is 9.19. The van der Waals surface area contributed by atoms with Crippen LogP contribution in [-0.2, 0) is 6.42 Å². The maximum atomic E-state index is 11.7. The summed E-state index contributed by atoms with van der Waals surface area (Å²) in [5, 5.41) is 7.58. The number of carbonyl (C=O) groups is 1. The SMILES string of the molecule is CC(C)Cc1cnnn1C(=O)C(C)C. The highest BCUT2D eigenvalue weighted by Gasteiger charge is 2.15. The van der Waals surface area contributed by atoms with Gasteiger partial charge in [-0.1, -0.05) is 32.9 Å². The fourth-order valence-electron chi connectivity index (χ4n) is 1.24. The molecule has 0 saturated carbocycles. The molecule has 0 spiro atoms. The Morgan fingerprint density at radius 1 is 1.43 bits per heavy atom. The van der Waals surface area contributed by atoms with Crippen LogP contribution in [0.1, 0.15) is 38.2 Å². The van der Waals surface area contributed by atoms with E-state index < -0.39 is 0 Å². The van der Waals surface area contributed by atoms with Crippen LogP contribution in [0.3, 0.4) is 0 Å². The molecule has 1 aromatic rings. The molecule has 14 heavy (non-hydrogen) atoms. The quantitative estimate of drug-likeness (QED) is 0.738. The van der Waals surface area contributed by atoms with Crippen LogP contribution in [0.25, 0.3) is 0 Å². The summed E-state index contributed by atoms with van der Waals surface area (Å²) in [6.07, 6.45) is 2.51. The van der Waals surface area contributed by atoms with Gasteiger partial charge in [0.15, 0.2) is 0 Å². The maximum absolute atomic E-state index is 11.7. The number of hydrogen-bond acceptors (Lipinski definition) is 3. The van der Waals surface area contributed by atoms with Crippen LogP contribution in [0.2, 0.25) is 0 Å². The van der Waals surface area contributed by atoms with E-state index in [0.717, 1.165) is 12.1 Å². The van der Waals surface area contributed by atoms with Gasteiger partial charge < -0.3 is 0 Å². The summed E-state index contributed by atoms with van der Waals surface area (Å²) in [6, 6.07) is 0. The highest BCUT2D eigenvalue weighted by Crippen LogP contribution is 2.08. The summed E-state index contributed by atoms with van der Waals surface area (Å²) < 4.78 is 1.42. The minimum atomic E-state index is -0.0392. The summed E-state index contributed by atoms with van der Waals surface area (Å²) in [4.78, 5) is 11.7. The molecule has 0 aliphatic rings. The van der Waals surface area contributed by atoms with Gasteiger partial charge in [-0.2, -0.15) is 4.68 Å². The molecule has 0 fully saturated rings. The molecular weight excluding hydrogens is 178 g/mol. The van der Waals surface area contributed by atoms with E-state index in [9.17, 15) is 4.79 Å². The van der Waals surface area contributed by atoms with Gasteiger partial charge in [0.25, 0.3) is 5.91 Å². The molecule has 1 aromatic heterocycles. The molecule has 0 aliphatic carbocycles. The monoisotopic (exact) mass is 195 g/mol. The van der Waals surface area contributed by atoms with Crippen molar-refractivity contribution in [2.45, 2.75) is 34.1 Å². The first-order chi connectivity index (χ1) is 6.52. The second kappa shape index (κ2) is 4.35. The Morgan fingerprint density at radius 3 is 2.57 bits per heavy atom. The van der Waals surface area contributed by atoms with Gasteiger partial charge in [-0.05, 0) is 12.3 Å². The molecule has 0 aromatic carbocycles. The molecule has 0 bridgehead atoms. The molecule has 0 atom stereocenters. The van der Waals surface area contributed by atoms with Gasteiger partial charge in [0.2, 0.25) is 0 Å². The Morgan fingerprint density at radius 2 is 2.07 bits per heavy atom. The first-order valence-corrected chi connectivity index (χ1v) is 4.96. The molecule has 1 heterocycles. The van der Waals surface area contributed by atoms with Gasteiger partial charge in [-0.15, -0.1) is 5.10 Å². The molecule has 1 rings (SSSR count). The van der Waals surface area contributed by atoms with Gasteiger partial charge >= 0.3 is 0 Å². The minimum Gasteiger partial charge on any atom is -0.272 e. The lowest BCUT2D eigenvalue weighted by molar-refractivity contribution is 0.0831. The fraction of sp³-hybridized carbons (Fsp3) is 0.700. The number of nitrogens with zero attached hydrogens (tertiary/aromatic N) is 3. The lowest BCUT2D eigenvalue weighted by Gasteiger charge is -2.08. The lowest BCUT2D eigenvalue weighted by atomic mass is 10.1. The van der Waals surface area contributed by atoms with Crippen LogP contribution >= 0.6 is 0 Å². The highest BCUT2D eigenvalue weighted by molar-refractivity contribution is 5.80. The average molecular weight is 195 g/mol. The number of rotatable bonds is 3. The summed E-state index contributed by atoms with van der Waals surface area (Å²) in [7, 11) is 0. The predicted molar refractivity (Wildman–Crippen MR) is 54.0 cm³/mol. The van der Waals surface area contributed by atoms with Crippen molar-refractivity contribution in [1.82, 2.24) is 15.0 Å². The second-order valence-electron chi connectivity index (χ2n) is 4.23. The van der Waals surface area contributed by atoms with Crippen LogP contribution in [0.15, 0.2) is 6.20 Å². The van der Waals surface area contributed by atoms with E-state index in [1.54, 1.807) is 6.20 Å². The van der Waals surface area contributed by atoms with Gasteiger partial charge in [-0.3, -0.25) is 4.79 Å². The van der Waals surface area contributed by atoms with E-state index in [-0.39, 0.29) is 11.8 Å². The third kappa shape index (κ3) is 2.40. The fourth-order valence-corrected chi connectivity index (χ4v) is 1.24. The number of carbonyl (C=O) groups excluding carboxylic acids is 1. The molecule has 0 N–H and O–H groups in total. The molecular formula is C10H17N3O. The number of hydrogen-bond donors (Lipinski definition) is 0. The molecule has 4 heteroatoms. The standard InChI is InChI=1S/C10H17N3O/c1-7(2)5-9-6-11-12-13(9)10(14)8(3)4/h6-8H,5H2,1-4H3. The van der Waals surface area contributed by atoms with E-state index in [1.165, 1.54) is 4.68 Å².